The predicted octanol–water partition coefficient (Wildman–Crippen LogP) is 4.60. The molecule has 4 N–H and O–H groups in total. The summed E-state index contributed by atoms with van der Waals surface area (Å²) < 4.78 is 22.7. The highest BCUT2D eigenvalue weighted by atomic mass is 16.6. The van der Waals surface area contributed by atoms with Crippen LogP contribution in [0.2, 0.25) is 0 Å². The monoisotopic (exact) mass is 706 g/mol. The number of aliphatic hydroxyl groups excluding tert-OH is 2. The Bertz CT molecular complexity index is 1360. The van der Waals surface area contributed by atoms with Gasteiger partial charge in [-0.25, -0.2) is 0 Å². The topological polar surface area (TPSA) is 169 Å². The molecule has 0 radical (unpaired) electrons. The van der Waals surface area contributed by atoms with Crippen LogP contribution in [0, 0.1) is 45.3 Å². The third-order valence-electron chi connectivity index (χ3n) is 14.4. The molecule has 5 rings (SSSR count). The van der Waals surface area contributed by atoms with E-state index in [2.05, 4.69) is 45.4 Å². The van der Waals surface area contributed by atoms with Crippen LogP contribution in [0.15, 0.2) is 11.6 Å². The van der Waals surface area contributed by atoms with E-state index in [1.807, 2.05) is 0 Å². The first-order valence-corrected chi connectivity index (χ1v) is 18.5. The van der Waals surface area contributed by atoms with Crippen LogP contribution in [0.4, 0.5) is 0 Å². The minimum absolute atomic E-state index is 0.00575. The molecule has 4 fully saturated rings. The van der Waals surface area contributed by atoms with E-state index in [9.17, 15) is 34.8 Å². The van der Waals surface area contributed by atoms with Crippen LogP contribution in [0.3, 0.4) is 0 Å². The molecule has 3 saturated carbocycles. The van der Waals surface area contributed by atoms with Gasteiger partial charge in [0, 0.05) is 23.7 Å². The summed E-state index contributed by atoms with van der Waals surface area (Å²) in [6.07, 6.45) is 2.52. The van der Waals surface area contributed by atoms with Crippen molar-refractivity contribution in [1.29, 1.82) is 0 Å². The number of methoxy groups -OCH3 is 1. The van der Waals surface area contributed by atoms with Crippen molar-refractivity contribution < 1.29 is 53.8 Å². The van der Waals surface area contributed by atoms with Gasteiger partial charge in [-0.1, -0.05) is 46.3 Å². The Balaban J connectivity index is 1.47. The summed E-state index contributed by atoms with van der Waals surface area (Å²) in [7, 11) is 1.21. The smallest absolute Gasteiger partial charge is 0.309 e. The molecule has 13 atom stereocenters. The zero-order valence-corrected chi connectivity index (χ0v) is 31.8. The average Bonchev–Trinajstić information content (AvgIpc) is 3.26. The lowest BCUT2D eigenvalue weighted by molar-refractivity contribution is -0.252. The first-order chi connectivity index (χ1) is 22.9. The van der Waals surface area contributed by atoms with Gasteiger partial charge in [0.25, 0.3) is 0 Å². The quantitative estimate of drug-likeness (QED) is 0.158. The van der Waals surface area contributed by atoms with Crippen molar-refractivity contribution in [3.8, 4) is 0 Å². The molecule has 0 bridgehead atoms. The largest absolute Gasteiger partial charge is 0.469 e. The molecule has 11 nitrogen and oxygen atoms in total. The maximum absolute atomic E-state index is 13.4. The lowest BCUT2D eigenvalue weighted by atomic mass is 9.40. The number of rotatable bonds is 8. The van der Waals surface area contributed by atoms with Gasteiger partial charge in [0.1, 0.15) is 12.2 Å². The minimum atomic E-state index is -1.69. The van der Waals surface area contributed by atoms with Gasteiger partial charge in [-0.3, -0.25) is 14.4 Å². The standard InChI is InChI=1S/C39H62O11/c1-21(40)48-32-26(49-31(43)20-36(6,46)19-30(42)47-10)18-37(7)25-17-28(41)39(9)23(22-11-14-29(35(4,5)45)50-33(22)44)15-16-38(39,8)24(25)12-13-27(37)34(32,2)3/h17,22-24,26-29,32-33,41,44-46H,11-16,18-20H2,1-10H3/t22-,23-,24-,26-,27-,28+,29-,32+,33-,36+,37-,38+,39+/m1/s1. The maximum Gasteiger partial charge on any atom is 0.309 e. The summed E-state index contributed by atoms with van der Waals surface area (Å²) in [5.74, 6) is -1.82. The first kappa shape index (κ1) is 39.2. The molecule has 1 heterocycles. The molecule has 0 aromatic heterocycles. The van der Waals surface area contributed by atoms with Crippen LogP contribution in [-0.2, 0) is 33.3 Å². The number of allylic oxidation sites excluding steroid dienone is 1. The number of carbonyl (C=O) groups is 3. The molecule has 11 heteroatoms. The molecule has 0 amide bonds. The van der Waals surface area contributed by atoms with E-state index < -0.39 is 82.5 Å². The van der Waals surface area contributed by atoms with Gasteiger partial charge in [0.15, 0.2) is 6.29 Å². The van der Waals surface area contributed by atoms with Gasteiger partial charge in [-0.2, -0.15) is 0 Å². The van der Waals surface area contributed by atoms with Crippen molar-refractivity contribution >= 4 is 17.9 Å². The molecule has 50 heavy (non-hydrogen) atoms. The fourth-order valence-corrected chi connectivity index (χ4v) is 11.8. The number of aliphatic hydroxyl groups is 4. The highest BCUT2D eigenvalue weighted by Crippen LogP contribution is 2.73. The zero-order valence-electron chi connectivity index (χ0n) is 31.8. The van der Waals surface area contributed by atoms with Crippen LogP contribution < -0.4 is 0 Å². The summed E-state index contributed by atoms with van der Waals surface area (Å²) in [5.41, 5.74) is -3.56. The zero-order chi connectivity index (χ0) is 37.4. The molecule has 5 aliphatic rings. The molecule has 0 spiro atoms. The molecular weight excluding hydrogens is 644 g/mol. The van der Waals surface area contributed by atoms with E-state index in [0.717, 1.165) is 31.3 Å². The van der Waals surface area contributed by atoms with Crippen molar-refractivity contribution in [2.75, 3.05) is 7.11 Å². The summed E-state index contributed by atoms with van der Waals surface area (Å²) in [6.45, 7) is 16.9. The van der Waals surface area contributed by atoms with Crippen molar-refractivity contribution in [2.24, 2.45) is 45.3 Å². The number of hydrogen-bond donors (Lipinski definition) is 4. The number of carbonyl (C=O) groups excluding carboxylic acids is 3. The lowest BCUT2D eigenvalue weighted by Crippen LogP contribution is -2.64. The second-order valence-electron chi connectivity index (χ2n) is 18.4. The van der Waals surface area contributed by atoms with E-state index in [0.29, 0.717) is 19.3 Å². The Morgan fingerprint density at radius 3 is 2.14 bits per heavy atom. The molecule has 0 aromatic rings. The minimum Gasteiger partial charge on any atom is -0.469 e. The fraction of sp³-hybridized carbons (Fsp3) is 0.872. The lowest BCUT2D eigenvalue weighted by Gasteiger charge is -2.66. The summed E-state index contributed by atoms with van der Waals surface area (Å²) in [6, 6.07) is 0. The highest BCUT2D eigenvalue weighted by molar-refractivity contribution is 5.75. The first-order valence-electron chi connectivity index (χ1n) is 18.5. The molecule has 0 aromatic carbocycles. The van der Waals surface area contributed by atoms with Crippen molar-refractivity contribution in [3.63, 3.8) is 0 Å². The SMILES string of the molecule is COC(=O)C[C@](C)(O)CC(=O)O[C@@H]1C[C@]2(C)C3=C[C@H](O)[C@]4(C)[C@@H]([C@H]5CC[C@H](C(C)(C)O)O[C@H]5O)CC[C@@]4(C)[C@@H]3CC[C@@H]2C(C)(C)[C@H]1OC(C)=O. The average molecular weight is 707 g/mol. The second-order valence-corrected chi connectivity index (χ2v) is 18.4. The maximum atomic E-state index is 13.4. The van der Waals surface area contributed by atoms with Crippen molar-refractivity contribution in [3.05, 3.63) is 11.6 Å². The Morgan fingerprint density at radius 2 is 1.56 bits per heavy atom. The van der Waals surface area contributed by atoms with Crippen LogP contribution in [0.5, 0.6) is 0 Å². The van der Waals surface area contributed by atoms with Crippen LogP contribution >= 0.6 is 0 Å². The third kappa shape index (κ3) is 6.45. The van der Waals surface area contributed by atoms with Gasteiger partial charge in [-0.05, 0) is 94.3 Å². The Kier molecular flexibility index (Phi) is 10.3. The third-order valence-corrected chi connectivity index (χ3v) is 14.4. The fourth-order valence-electron chi connectivity index (χ4n) is 11.8. The van der Waals surface area contributed by atoms with E-state index in [-0.39, 0.29) is 35.5 Å². The summed E-state index contributed by atoms with van der Waals surface area (Å²) in [4.78, 5) is 37.7. The van der Waals surface area contributed by atoms with E-state index in [1.165, 1.54) is 21.0 Å². The van der Waals surface area contributed by atoms with Crippen molar-refractivity contribution in [2.45, 2.75) is 162 Å². The Hall–Kier alpha value is -2.05. The molecule has 1 aliphatic heterocycles. The number of ether oxygens (including phenoxy) is 4. The van der Waals surface area contributed by atoms with E-state index in [4.69, 9.17) is 14.2 Å². The van der Waals surface area contributed by atoms with Gasteiger partial charge in [0.2, 0.25) is 0 Å². The Labute approximate surface area is 297 Å². The Morgan fingerprint density at radius 1 is 0.920 bits per heavy atom. The van der Waals surface area contributed by atoms with E-state index in [1.54, 1.807) is 13.8 Å². The summed E-state index contributed by atoms with van der Waals surface area (Å²) >= 11 is 0. The van der Waals surface area contributed by atoms with Gasteiger partial charge in [-0.15, -0.1) is 0 Å². The van der Waals surface area contributed by atoms with Gasteiger partial charge in [0.05, 0.1) is 43.4 Å². The highest BCUT2D eigenvalue weighted by Gasteiger charge is 2.70. The second kappa shape index (κ2) is 13.1. The molecule has 284 valence electrons. The van der Waals surface area contributed by atoms with Crippen LogP contribution in [0.1, 0.15) is 120 Å². The molecular formula is C39H62O11. The van der Waals surface area contributed by atoms with E-state index >= 15 is 0 Å². The van der Waals surface area contributed by atoms with Gasteiger partial charge < -0.3 is 39.4 Å². The molecule has 0 unspecified atom stereocenters. The summed E-state index contributed by atoms with van der Waals surface area (Å²) in [5, 5.41) is 45.0. The molecule has 4 aliphatic carbocycles. The van der Waals surface area contributed by atoms with Crippen LogP contribution in [-0.4, -0.2) is 87.4 Å². The number of fused-ring (bicyclic) bond motifs is 5. The van der Waals surface area contributed by atoms with Gasteiger partial charge >= 0.3 is 17.9 Å². The van der Waals surface area contributed by atoms with Crippen molar-refractivity contribution in [1.82, 2.24) is 0 Å². The predicted molar refractivity (Wildman–Crippen MR) is 183 cm³/mol. The molecule has 1 saturated heterocycles. The number of hydrogen-bond acceptors (Lipinski definition) is 11. The normalized spacial score (nSPS) is 43.6. The van der Waals surface area contributed by atoms with Crippen LogP contribution in [0.25, 0.3) is 0 Å². The number of esters is 3.